The first kappa shape index (κ1) is 76.5. The summed E-state index contributed by atoms with van der Waals surface area (Å²) < 4.78 is 16.9. The molecule has 0 N–H and O–H groups in total. The van der Waals surface area contributed by atoms with Gasteiger partial charge in [-0.25, -0.2) is 0 Å². The predicted molar refractivity (Wildman–Crippen MR) is 353 cm³/mol. The van der Waals surface area contributed by atoms with E-state index in [4.69, 9.17) is 14.2 Å². The van der Waals surface area contributed by atoms with E-state index in [0.29, 0.717) is 12.8 Å². The van der Waals surface area contributed by atoms with Crippen LogP contribution in [0.2, 0.25) is 0 Å². The van der Waals surface area contributed by atoms with Crippen molar-refractivity contribution in [2.75, 3.05) is 13.2 Å². The normalized spacial score (nSPS) is 13.0. The third kappa shape index (κ3) is 66.2. The van der Waals surface area contributed by atoms with Crippen LogP contribution in [0.3, 0.4) is 0 Å². The van der Waals surface area contributed by atoms with Gasteiger partial charge in [0.25, 0.3) is 0 Å². The second-order valence-electron chi connectivity index (χ2n) is 22.0. The Balaban J connectivity index is 4.23. The number of carbonyl (C=O) groups excluding carboxylic acids is 3. The van der Waals surface area contributed by atoms with Gasteiger partial charge in [-0.2, -0.15) is 0 Å². The summed E-state index contributed by atoms with van der Waals surface area (Å²) in [6.07, 6.45) is 96.2. The molecule has 0 saturated carbocycles. The van der Waals surface area contributed by atoms with Gasteiger partial charge < -0.3 is 14.2 Å². The molecule has 0 heterocycles. The molecule has 1 atom stereocenters. The number of carbonyl (C=O) groups is 3. The average molecular weight is 1120 g/mol. The van der Waals surface area contributed by atoms with E-state index in [2.05, 4.69) is 154 Å². The molecule has 0 aromatic carbocycles. The highest BCUT2D eigenvalue weighted by molar-refractivity contribution is 5.71. The first-order valence-electron chi connectivity index (χ1n) is 33.7. The standard InChI is InChI=1S/C75H124O6/c1-4-7-10-13-16-19-22-24-26-28-30-31-32-33-34-35-36-37-38-39-40-41-42-43-45-46-48-50-53-56-59-62-65-68-74(77)80-71-72(70-79-73(76)67-64-61-58-55-52-21-18-15-12-9-6-3)81-75(78)69-66-63-60-57-54-51-49-47-44-29-27-25-23-20-17-14-11-8-5-2/h7-8,10-11,16-17,19-20,24-27,30-31,33-34,36-37,44,47,51,54,72H,4-6,9,12-15,18,21-23,28-29,32,35,38-43,45-46,48-50,52-53,55-71H2,1-3H3/b10-7-,11-8-,19-16-,20-17-,26-24-,27-25-,31-30-,34-33-,37-36-,47-44-,54-51-. The highest BCUT2D eigenvalue weighted by atomic mass is 16.6. The maximum Gasteiger partial charge on any atom is 0.306 e. The van der Waals surface area contributed by atoms with Crippen LogP contribution in [0.5, 0.6) is 0 Å². The van der Waals surface area contributed by atoms with Gasteiger partial charge in [0, 0.05) is 19.3 Å². The SMILES string of the molecule is CC/C=C\C/C=C\C/C=C\C/C=C\C/C=C\C/C=C\CCCCCCCCCCCCCCCCC(=O)OCC(COC(=O)CCCCCCCCCCCCC)OC(=O)CCCCC/C=C\C/C=C\C/C=C\C/C=C\C/C=C\CC. The van der Waals surface area contributed by atoms with E-state index in [-0.39, 0.29) is 37.5 Å². The van der Waals surface area contributed by atoms with Crippen molar-refractivity contribution in [3.8, 4) is 0 Å². The first-order valence-corrected chi connectivity index (χ1v) is 33.7. The van der Waals surface area contributed by atoms with Gasteiger partial charge in [-0.1, -0.05) is 302 Å². The maximum atomic E-state index is 12.9. The molecule has 6 nitrogen and oxygen atoms in total. The molecule has 0 aromatic rings. The molecule has 1 unspecified atom stereocenters. The first-order chi connectivity index (χ1) is 40.0. The van der Waals surface area contributed by atoms with E-state index in [1.165, 1.54) is 128 Å². The summed E-state index contributed by atoms with van der Waals surface area (Å²) in [7, 11) is 0. The Hall–Kier alpha value is -4.45. The number of allylic oxidation sites excluding steroid dienone is 22. The molecule has 0 aliphatic heterocycles. The number of unbranched alkanes of at least 4 members (excludes halogenated alkanes) is 27. The van der Waals surface area contributed by atoms with E-state index in [0.717, 1.165) is 135 Å². The summed E-state index contributed by atoms with van der Waals surface area (Å²) >= 11 is 0. The minimum atomic E-state index is -0.798. The maximum absolute atomic E-state index is 12.9. The zero-order valence-corrected chi connectivity index (χ0v) is 52.8. The Morgan fingerprint density at radius 1 is 0.259 bits per heavy atom. The molecule has 0 spiro atoms. The van der Waals surface area contributed by atoms with Crippen LogP contribution in [0, 0.1) is 0 Å². The monoisotopic (exact) mass is 1120 g/mol. The third-order valence-electron chi connectivity index (χ3n) is 14.2. The van der Waals surface area contributed by atoms with Crippen molar-refractivity contribution < 1.29 is 28.6 Å². The molecule has 460 valence electrons. The van der Waals surface area contributed by atoms with E-state index in [9.17, 15) is 14.4 Å². The Bertz CT molecular complexity index is 1720. The Morgan fingerprint density at radius 3 is 0.765 bits per heavy atom. The van der Waals surface area contributed by atoms with Gasteiger partial charge in [-0.3, -0.25) is 14.4 Å². The molecule has 0 aliphatic carbocycles. The Kier molecular flexibility index (Phi) is 64.3. The van der Waals surface area contributed by atoms with Gasteiger partial charge in [0.2, 0.25) is 0 Å². The Morgan fingerprint density at radius 2 is 0.481 bits per heavy atom. The van der Waals surface area contributed by atoms with Crippen LogP contribution in [0.1, 0.15) is 303 Å². The fraction of sp³-hybridized carbons (Fsp3) is 0.667. The van der Waals surface area contributed by atoms with Crippen LogP contribution in [-0.2, 0) is 28.6 Å². The largest absolute Gasteiger partial charge is 0.462 e. The molecule has 0 saturated heterocycles. The van der Waals surface area contributed by atoms with Gasteiger partial charge in [0.15, 0.2) is 6.10 Å². The quantitative estimate of drug-likeness (QED) is 0.0261. The molecule has 81 heavy (non-hydrogen) atoms. The smallest absolute Gasteiger partial charge is 0.306 e. The van der Waals surface area contributed by atoms with Crippen molar-refractivity contribution in [2.45, 2.75) is 309 Å². The second-order valence-corrected chi connectivity index (χ2v) is 22.0. The lowest BCUT2D eigenvalue weighted by Crippen LogP contribution is -2.30. The topological polar surface area (TPSA) is 78.9 Å². The van der Waals surface area contributed by atoms with E-state index >= 15 is 0 Å². The van der Waals surface area contributed by atoms with Crippen molar-refractivity contribution >= 4 is 17.9 Å². The predicted octanol–water partition coefficient (Wildman–Crippen LogP) is 23.3. The number of hydrogen-bond donors (Lipinski definition) is 0. The second kappa shape index (κ2) is 68.1. The summed E-state index contributed by atoms with van der Waals surface area (Å²) in [6, 6.07) is 0. The van der Waals surface area contributed by atoms with Crippen LogP contribution in [0.15, 0.2) is 134 Å². The van der Waals surface area contributed by atoms with Gasteiger partial charge >= 0.3 is 17.9 Å². The van der Waals surface area contributed by atoms with Crippen molar-refractivity contribution in [1.82, 2.24) is 0 Å². The molecule has 0 rings (SSSR count). The Labute approximate surface area is 500 Å². The number of hydrogen-bond acceptors (Lipinski definition) is 6. The van der Waals surface area contributed by atoms with Crippen LogP contribution in [0.4, 0.5) is 0 Å². The van der Waals surface area contributed by atoms with E-state index < -0.39 is 6.10 Å². The fourth-order valence-electron chi connectivity index (χ4n) is 9.18. The molecule has 0 radical (unpaired) electrons. The summed E-state index contributed by atoms with van der Waals surface area (Å²) in [4.78, 5) is 38.3. The molecule has 0 fully saturated rings. The van der Waals surface area contributed by atoms with Crippen LogP contribution in [-0.4, -0.2) is 37.2 Å². The minimum absolute atomic E-state index is 0.0910. The number of ether oxygens (including phenoxy) is 3. The summed E-state index contributed by atoms with van der Waals surface area (Å²) in [5.41, 5.74) is 0. The number of rotatable bonds is 60. The fourth-order valence-corrected chi connectivity index (χ4v) is 9.18. The summed E-state index contributed by atoms with van der Waals surface area (Å²) in [5.74, 6) is -0.919. The summed E-state index contributed by atoms with van der Waals surface area (Å²) in [6.45, 7) is 6.39. The van der Waals surface area contributed by atoms with Crippen molar-refractivity contribution in [2.24, 2.45) is 0 Å². The molecular weight excluding hydrogens is 997 g/mol. The van der Waals surface area contributed by atoms with E-state index in [1.807, 2.05) is 0 Å². The zero-order chi connectivity index (χ0) is 58.5. The highest BCUT2D eigenvalue weighted by Crippen LogP contribution is 2.16. The number of esters is 3. The molecule has 0 amide bonds. The zero-order valence-electron chi connectivity index (χ0n) is 52.8. The van der Waals surface area contributed by atoms with Crippen molar-refractivity contribution in [3.05, 3.63) is 134 Å². The molecule has 6 heteroatoms. The molecule has 0 aliphatic rings. The van der Waals surface area contributed by atoms with E-state index in [1.54, 1.807) is 0 Å². The van der Waals surface area contributed by atoms with Crippen LogP contribution in [0.25, 0.3) is 0 Å². The highest BCUT2D eigenvalue weighted by Gasteiger charge is 2.19. The lowest BCUT2D eigenvalue weighted by Gasteiger charge is -2.18. The lowest BCUT2D eigenvalue weighted by atomic mass is 10.0. The van der Waals surface area contributed by atoms with Gasteiger partial charge in [-0.05, 0) is 116 Å². The van der Waals surface area contributed by atoms with Crippen molar-refractivity contribution in [3.63, 3.8) is 0 Å². The van der Waals surface area contributed by atoms with Gasteiger partial charge in [0.1, 0.15) is 13.2 Å². The lowest BCUT2D eigenvalue weighted by molar-refractivity contribution is -0.167. The average Bonchev–Trinajstić information content (AvgIpc) is 3.47. The minimum Gasteiger partial charge on any atom is -0.462 e. The van der Waals surface area contributed by atoms with Gasteiger partial charge in [-0.15, -0.1) is 0 Å². The van der Waals surface area contributed by atoms with Crippen LogP contribution < -0.4 is 0 Å². The summed E-state index contributed by atoms with van der Waals surface area (Å²) in [5, 5.41) is 0. The molecular formula is C75H124O6. The van der Waals surface area contributed by atoms with Crippen molar-refractivity contribution in [1.29, 1.82) is 0 Å². The molecule has 0 bridgehead atoms. The molecule has 0 aromatic heterocycles. The van der Waals surface area contributed by atoms with Crippen LogP contribution >= 0.6 is 0 Å². The van der Waals surface area contributed by atoms with Gasteiger partial charge in [0.05, 0.1) is 0 Å². The third-order valence-corrected chi connectivity index (χ3v) is 14.2.